The van der Waals surface area contributed by atoms with Gasteiger partial charge >= 0.3 is 35.5 Å². The number of rotatable bonds is 8. The number of allylic oxidation sites excluding steroid dienone is 1. The Balaban J connectivity index is 0.00000361. The normalized spacial score (nSPS) is 20.1. The molecular weight excluding hydrogens is 525 g/mol. The SMILES string of the molecule is CO/N=C(\C([O-])=NC1C(=O)N2C(C(=O)O)=C(/C=C/c3cc(C(N)=O)no3)CSC12)c1csc(N)n1.[Na+]. The molecule has 2 aromatic heterocycles. The molecule has 2 atom stereocenters. The van der Waals surface area contributed by atoms with Crippen molar-refractivity contribution in [1.82, 2.24) is 15.0 Å². The summed E-state index contributed by atoms with van der Waals surface area (Å²) in [7, 11) is 1.24. The Morgan fingerprint density at radius 1 is 1.39 bits per heavy atom. The number of aliphatic carboxylic acids is 1. The van der Waals surface area contributed by atoms with Crippen LogP contribution in [-0.4, -0.2) is 73.8 Å². The van der Waals surface area contributed by atoms with Crippen LogP contribution in [0.5, 0.6) is 0 Å². The maximum Gasteiger partial charge on any atom is 1.00 e. The van der Waals surface area contributed by atoms with Gasteiger partial charge in [0, 0.05) is 23.1 Å². The van der Waals surface area contributed by atoms with E-state index in [-0.39, 0.29) is 69.0 Å². The Bertz CT molecular complexity index is 1330. The number of hydrogen-bond donors (Lipinski definition) is 3. The third-order valence-electron chi connectivity index (χ3n) is 4.81. The van der Waals surface area contributed by atoms with Crippen LogP contribution in [0.3, 0.4) is 0 Å². The average molecular weight is 542 g/mol. The van der Waals surface area contributed by atoms with Crippen LogP contribution < -0.4 is 46.1 Å². The van der Waals surface area contributed by atoms with Crippen molar-refractivity contribution >= 4 is 63.7 Å². The second-order valence-corrected chi connectivity index (χ2v) is 8.97. The Morgan fingerprint density at radius 3 is 2.72 bits per heavy atom. The third kappa shape index (κ3) is 5.31. The van der Waals surface area contributed by atoms with Crippen LogP contribution in [0.4, 0.5) is 5.13 Å². The molecule has 0 spiro atoms. The Morgan fingerprint density at radius 2 is 2.14 bits per heavy atom. The molecule has 4 rings (SSSR count). The molecule has 1 saturated heterocycles. The fraction of sp³-hybridized carbons (Fsp3) is 0.211. The first-order valence-electron chi connectivity index (χ1n) is 9.64. The van der Waals surface area contributed by atoms with Gasteiger partial charge < -0.3 is 31.0 Å². The number of carboxylic acid groups (broad SMARTS) is 1. The fourth-order valence-corrected chi connectivity index (χ4v) is 5.12. The van der Waals surface area contributed by atoms with E-state index in [4.69, 9.17) is 20.8 Å². The van der Waals surface area contributed by atoms with E-state index in [1.807, 2.05) is 0 Å². The largest absolute Gasteiger partial charge is 1.00 e. The van der Waals surface area contributed by atoms with E-state index in [9.17, 15) is 24.6 Å². The number of thioether (sulfide) groups is 1. The molecule has 0 saturated carbocycles. The van der Waals surface area contributed by atoms with E-state index in [2.05, 4.69) is 20.3 Å². The number of nitrogens with zero attached hydrogens (tertiary/aromatic N) is 5. The number of nitrogen functional groups attached to an aromatic ring is 1. The number of hydrogen-bond acceptors (Lipinski definition) is 13. The summed E-state index contributed by atoms with van der Waals surface area (Å²) >= 11 is 2.32. The Kier molecular flexibility index (Phi) is 8.57. The smallest absolute Gasteiger partial charge is 0.857 e. The molecule has 36 heavy (non-hydrogen) atoms. The topological polar surface area (TPSA) is 223 Å². The monoisotopic (exact) mass is 541 g/mol. The molecule has 17 heteroatoms. The summed E-state index contributed by atoms with van der Waals surface area (Å²) in [4.78, 5) is 49.6. The van der Waals surface area contributed by atoms with E-state index in [1.165, 1.54) is 42.5 Å². The van der Waals surface area contributed by atoms with Gasteiger partial charge in [0.1, 0.15) is 29.6 Å². The minimum Gasteiger partial charge on any atom is -0.857 e. The van der Waals surface area contributed by atoms with Gasteiger partial charge in [-0.25, -0.2) is 9.78 Å². The number of amides is 2. The number of fused-ring (bicyclic) bond motifs is 1. The van der Waals surface area contributed by atoms with Crippen molar-refractivity contribution in [3.05, 3.63) is 45.9 Å². The van der Waals surface area contributed by atoms with Crippen LogP contribution in [-0.2, 0) is 14.4 Å². The zero-order chi connectivity index (χ0) is 25.3. The maximum absolute atomic E-state index is 12.8. The van der Waals surface area contributed by atoms with Gasteiger partial charge in [0.15, 0.2) is 22.6 Å². The molecule has 2 aliphatic heterocycles. The van der Waals surface area contributed by atoms with Crippen molar-refractivity contribution in [3.63, 3.8) is 0 Å². The van der Waals surface area contributed by atoms with Gasteiger partial charge in [-0.2, -0.15) is 0 Å². The van der Waals surface area contributed by atoms with Crippen molar-refractivity contribution in [2.75, 3.05) is 18.6 Å². The van der Waals surface area contributed by atoms with Gasteiger partial charge in [0.2, 0.25) is 0 Å². The number of nitrogens with two attached hydrogens (primary N) is 2. The zero-order valence-corrected chi connectivity index (χ0v) is 22.4. The molecule has 0 bridgehead atoms. The molecular formula is C19H16N7NaO7S2. The summed E-state index contributed by atoms with van der Waals surface area (Å²) in [6, 6.07) is 0.182. The van der Waals surface area contributed by atoms with Gasteiger partial charge in [0.25, 0.3) is 11.8 Å². The molecule has 2 aromatic rings. The van der Waals surface area contributed by atoms with Crippen LogP contribution in [0, 0.1) is 0 Å². The second-order valence-electron chi connectivity index (χ2n) is 6.97. The number of aliphatic imine (C=N–C) groups is 1. The number of carbonyl (C=O) groups is 3. The average Bonchev–Trinajstić information content (AvgIpc) is 3.47. The van der Waals surface area contributed by atoms with Crippen LogP contribution in [0.2, 0.25) is 0 Å². The van der Waals surface area contributed by atoms with E-state index >= 15 is 0 Å². The Labute approximate surface area is 233 Å². The molecule has 1 fully saturated rings. The number of thiazole rings is 1. The fourth-order valence-electron chi connectivity index (χ4n) is 3.27. The summed E-state index contributed by atoms with van der Waals surface area (Å²) in [5.41, 5.74) is 10.6. The van der Waals surface area contributed by atoms with Gasteiger partial charge in [0.05, 0.1) is 0 Å². The molecule has 2 amide bonds. The quantitative estimate of drug-likeness (QED) is 0.0968. The number of carboxylic acids is 1. The van der Waals surface area contributed by atoms with Gasteiger partial charge in [-0.15, -0.1) is 23.1 Å². The molecule has 4 heterocycles. The summed E-state index contributed by atoms with van der Waals surface area (Å²) in [6.07, 6.45) is 2.85. The summed E-state index contributed by atoms with van der Waals surface area (Å²) in [5, 5.41) is 30.6. The predicted octanol–water partition coefficient (Wildman–Crippen LogP) is -3.74. The first-order valence-corrected chi connectivity index (χ1v) is 11.6. The maximum atomic E-state index is 12.8. The standard InChI is InChI=1S/C19H17N7O7S2.Na/c1-32-25-11(10-6-35-19(21)22-10)15(28)23-12-16(29)26-13(18(30)31)7(5-34-17(12)26)2-3-8-4-9(14(20)27)24-33-8;/h2-4,6,12,17H,5H2,1H3,(H2,20,27)(H2,21,22)(H,23,28)(H,30,31);/q;+1/p-1/b3-2+,25-11-;. The summed E-state index contributed by atoms with van der Waals surface area (Å²) < 4.78 is 4.96. The van der Waals surface area contributed by atoms with Gasteiger partial charge in [-0.05, 0) is 11.6 Å². The number of primary amides is 1. The van der Waals surface area contributed by atoms with E-state index in [0.717, 1.165) is 16.2 Å². The van der Waals surface area contributed by atoms with E-state index in [1.54, 1.807) is 0 Å². The minimum absolute atomic E-state index is 0. The minimum atomic E-state index is -1.33. The summed E-state index contributed by atoms with van der Waals surface area (Å²) in [6.45, 7) is 0. The molecule has 2 unspecified atom stereocenters. The van der Waals surface area contributed by atoms with Crippen LogP contribution in [0.25, 0.3) is 6.08 Å². The number of oxime groups is 1. The molecule has 14 nitrogen and oxygen atoms in total. The number of carbonyl (C=O) groups excluding carboxylic acids is 2. The van der Waals surface area contributed by atoms with Crippen molar-refractivity contribution < 1.29 is 63.5 Å². The molecule has 0 radical (unpaired) electrons. The van der Waals surface area contributed by atoms with E-state index in [0.29, 0.717) is 5.57 Å². The van der Waals surface area contributed by atoms with Gasteiger partial charge in [-0.3, -0.25) is 19.5 Å². The first kappa shape index (κ1) is 27.4. The van der Waals surface area contributed by atoms with Crippen molar-refractivity contribution in [2.45, 2.75) is 11.4 Å². The Hall–Kier alpha value is -3.18. The number of β-lactam (4-membered cyclic amide) rings is 1. The molecule has 182 valence electrons. The van der Waals surface area contributed by atoms with Crippen LogP contribution in [0.1, 0.15) is 21.9 Å². The molecule has 0 aromatic carbocycles. The third-order valence-corrected chi connectivity index (χ3v) is 6.77. The number of aromatic nitrogens is 2. The van der Waals surface area contributed by atoms with E-state index < -0.39 is 35.1 Å². The molecule has 0 aliphatic carbocycles. The van der Waals surface area contributed by atoms with Crippen molar-refractivity contribution in [1.29, 1.82) is 0 Å². The van der Waals surface area contributed by atoms with Crippen molar-refractivity contribution in [2.24, 2.45) is 15.9 Å². The first-order chi connectivity index (χ1) is 16.7. The predicted molar refractivity (Wildman–Crippen MR) is 123 cm³/mol. The van der Waals surface area contributed by atoms with Crippen molar-refractivity contribution in [3.8, 4) is 0 Å². The van der Waals surface area contributed by atoms with Crippen LogP contribution >= 0.6 is 23.1 Å². The zero-order valence-electron chi connectivity index (χ0n) is 18.8. The number of anilines is 1. The van der Waals surface area contributed by atoms with Gasteiger partial charge in [-0.1, -0.05) is 16.4 Å². The molecule has 5 N–H and O–H groups in total. The van der Waals surface area contributed by atoms with Crippen LogP contribution in [0.15, 0.2) is 43.5 Å². The summed E-state index contributed by atoms with van der Waals surface area (Å²) in [5.74, 6) is -3.25. The molecule has 2 aliphatic rings. The second kappa shape index (κ2) is 11.3.